The van der Waals surface area contributed by atoms with Gasteiger partial charge in [0.25, 0.3) is 0 Å². The van der Waals surface area contributed by atoms with E-state index in [1.165, 1.54) is 30.4 Å². The molecule has 1 aromatic carbocycles. The van der Waals surface area contributed by atoms with Gasteiger partial charge in [0, 0.05) is 22.8 Å². The lowest BCUT2D eigenvalue weighted by Gasteiger charge is -2.22. The molecule has 1 heterocycles. The van der Waals surface area contributed by atoms with Crippen molar-refractivity contribution in [2.45, 2.75) is 25.4 Å². The molecule has 0 saturated carbocycles. The Hall–Kier alpha value is -0.0600. The maximum atomic E-state index is 13.1. The lowest BCUT2D eigenvalue weighted by molar-refractivity contribution is 0.505. The quantitative estimate of drug-likeness (QED) is 0.916. The molecular weight excluding hydrogens is 289 g/mol. The zero-order valence-electron chi connectivity index (χ0n) is 9.01. The maximum Gasteiger partial charge on any atom is 0.123 e. The molecule has 0 bridgehead atoms. The van der Waals surface area contributed by atoms with Crippen molar-refractivity contribution in [2.24, 2.45) is 0 Å². The highest BCUT2D eigenvalue weighted by molar-refractivity contribution is 9.10. The number of thioether (sulfide) groups is 1. The summed E-state index contributed by atoms with van der Waals surface area (Å²) in [5.74, 6) is 2.28. The molecule has 0 spiro atoms. The Balaban J connectivity index is 1.90. The normalized spacial score (nSPS) is 21.0. The van der Waals surface area contributed by atoms with E-state index in [9.17, 15) is 4.39 Å². The zero-order chi connectivity index (χ0) is 11.4. The van der Waals surface area contributed by atoms with Crippen molar-refractivity contribution >= 4 is 27.7 Å². The molecule has 0 radical (unpaired) electrons. The Labute approximate surface area is 108 Å². The fourth-order valence-electron chi connectivity index (χ4n) is 1.83. The molecule has 16 heavy (non-hydrogen) atoms. The molecule has 1 aliphatic heterocycles. The molecule has 1 aliphatic rings. The first-order valence-corrected chi connectivity index (χ1v) is 7.45. The SMILES string of the molecule is Fc1ccc(Br)c(CNC2CCCSC2)c1. The van der Waals surface area contributed by atoms with E-state index in [1.807, 2.05) is 11.8 Å². The van der Waals surface area contributed by atoms with Crippen molar-refractivity contribution in [3.63, 3.8) is 0 Å². The van der Waals surface area contributed by atoms with Gasteiger partial charge in [-0.2, -0.15) is 11.8 Å². The third-order valence-electron chi connectivity index (χ3n) is 2.75. The first kappa shape index (κ1) is 12.4. The van der Waals surface area contributed by atoms with Crippen molar-refractivity contribution in [1.82, 2.24) is 5.32 Å². The van der Waals surface area contributed by atoms with Crippen LogP contribution in [0.15, 0.2) is 22.7 Å². The van der Waals surface area contributed by atoms with Crippen LogP contribution in [0.1, 0.15) is 18.4 Å². The average molecular weight is 304 g/mol. The first-order valence-electron chi connectivity index (χ1n) is 5.51. The van der Waals surface area contributed by atoms with Crippen LogP contribution < -0.4 is 5.32 Å². The van der Waals surface area contributed by atoms with Gasteiger partial charge >= 0.3 is 0 Å². The van der Waals surface area contributed by atoms with Crippen LogP contribution >= 0.6 is 27.7 Å². The van der Waals surface area contributed by atoms with E-state index >= 15 is 0 Å². The third kappa shape index (κ3) is 3.47. The lowest BCUT2D eigenvalue weighted by atomic mass is 10.1. The van der Waals surface area contributed by atoms with Crippen LogP contribution in [0.2, 0.25) is 0 Å². The fourth-order valence-corrected chi connectivity index (χ4v) is 3.33. The van der Waals surface area contributed by atoms with E-state index in [-0.39, 0.29) is 5.82 Å². The van der Waals surface area contributed by atoms with Gasteiger partial charge in [0.15, 0.2) is 0 Å². The highest BCUT2D eigenvalue weighted by Gasteiger charge is 2.13. The number of hydrogen-bond acceptors (Lipinski definition) is 2. The van der Waals surface area contributed by atoms with Crippen LogP contribution in [0.5, 0.6) is 0 Å². The van der Waals surface area contributed by atoms with Crippen LogP contribution in [0, 0.1) is 5.82 Å². The van der Waals surface area contributed by atoms with Crippen molar-refractivity contribution < 1.29 is 4.39 Å². The van der Waals surface area contributed by atoms with E-state index in [2.05, 4.69) is 21.2 Å². The van der Waals surface area contributed by atoms with Gasteiger partial charge in [-0.25, -0.2) is 4.39 Å². The number of halogens is 2. The smallest absolute Gasteiger partial charge is 0.123 e. The minimum absolute atomic E-state index is 0.169. The second kappa shape index (κ2) is 6.03. The van der Waals surface area contributed by atoms with Crippen LogP contribution in [-0.2, 0) is 6.54 Å². The van der Waals surface area contributed by atoms with Crippen LogP contribution in [0.3, 0.4) is 0 Å². The Morgan fingerprint density at radius 2 is 2.38 bits per heavy atom. The van der Waals surface area contributed by atoms with Gasteiger partial charge in [-0.1, -0.05) is 15.9 Å². The second-order valence-electron chi connectivity index (χ2n) is 4.03. The summed E-state index contributed by atoms with van der Waals surface area (Å²) in [5, 5.41) is 3.49. The summed E-state index contributed by atoms with van der Waals surface area (Å²) in [6.07, 6.45) is 2.52. The van der Waals surface area contributed by atoms with Crippen molar-refractivity contribution in [3.05, 3.63) is 34.1 Å². The molecule has 0 aromatic heterocycles. The van der Waals surface area contributed by atoms with Gasteiger partial charge in [0.05, 0.1) is 0 Å². The minimum atomic E-state index is -0.169. The summed E-state index contributed by atoms with van der Waals surface area (Å²) in [6.45, 7) is 0.740. The maximum absolute atomic E-state index is 13.1. The molecule has 1 atom stereocenters. The van der Waals surface area contributed by atoms with Crippen LogP contribution in [-0.4, -0.2) is 17.5 Å². The Morgan fingerprint density at radius 3 is 3.12 bits per heavy atom. The van der Waals surface area contributed by atoms with Crippen molar-refractivity contribution in [2.75, 3.05) is 11.5 Å². The fraction of sp³-hybridized carbons (Fsp3) is 0.500. The summed E-state index contributed by atoms with van der Waals surface area (Å²) < 4.78 is 14.0. The standard InChI is InChI=1S/C12H15BrFNS/c13-12-4-3-10(14)6-9(12)7-15-11-2-1-5-16-8-11/h3-4,6,11,15H,1-2,5,7-8H2. The Kier molecular flexibility index (Phi) is 4.67. The molecule has 1 aromatic rings. The predicted octanol–water partition coefficient (Wildman–Crippen LogP) is 3.57. The van der Waals surface area contributed by atoms with Gasteiger partial charge < -0.3 is 5.32 Å². The zero-order valence-corrected chi connectivity index (χ0v) is 11.4. The summed E-state index contributed by atoms with van der Waals surface area (Å²) in [4.78, 5) is 0. The molecule has 1 nitrogen and oxygen atoms in total. The number of nitrogens with one attached hydrogen (secondary N) is 1. The van der Waals surface area contributed by atoms with Crippen molar-refractivity contribution in [3.8, 4) is 0 Å². The second-order valence-corrected chi connectivity index (χ2v) is 6.03. The highest BCUT2D eigenvalue weighted by atomic mass is 79.9. The lowest BCUT2D eigenvalue weighted by Crippen LogP contribution is -2.33. The van der Waals surface area contributed by atoms with Crippen LogP contribution in [0.4, 0.5) is 4.39 Å². The summed E-state index contributed by atoms with van der Waals surface area (Å²) >= 11 is 5.44. The molecular formula is C12H15BrFNS. The first-order chi connectivity index (χ1) is 7.75. The van der Waals surface area contributed by atoms with Gasteiger partial charge in [0.1, 0.15) is 5.82 Å². The van der Waals surface area contributed by atoms with Crippen LogP contribution in [0.25, 0.3) is 0 Å². The number of rotatable bonds is 3. The summed E-state index contributed by atoms with van der Waals surface area (Å²) in [7, 11) is 0. The van der Waals surface area contributed by atoms with E-state index in [1.54, 1.807) is 12.1 Å². The Morgan fingerprint density at radius 1 is 1.50 bits per heavy atom. The third-order valence-corrected chi connectivity index (χ3v) is 4.74. The van der Waals surface area contributed by atoms with Gasteiger partial charge in [-0.3, -0.25) is 0 Å². The van der Waals surface area contributed by atoms with Gasteiger partial charge in [0.2, 0.25) is 0 Å². The molecule has 1 N–H and O–H groups in total. The molecule has 4 heteroatoms. The number of benzene rings is 1. The number of hydrogen-bond donors (Lipinski definition) is 1. The molecule has 0 aliphatic carbocycles. The predicted molar refractivity (Wildman–Crippen MR) is 71.3 cm³/mol. The minimum Gasteiger partial charge on any atom is -0.309 e. The average Bonchev–Trinajstić information content (AvgIpc) is 2.32. The Bertz CT molecular complexity index is 353. The molecule has 1 unspecified atom stereocenters. The van der Waals surface area contributed by atoms with E-state index in [4.69, 9.17) is 0 Å². The molecule has 2 rings (SSSR count). The van der Waals surface area contributed by atoms with Gasteiger partial charge in [-0.05, 0) is 42.4 Å². The molecule has 0 amide bonds. The van der Waals surface area contributed by atoms with E-state index in [0.29, 0.717) is 6.04 Å². The molecule has 1 saturated heterocycles. The largest absolute Gasteiger partial charge is 0.309 e. The van der Waals surface area contributed by atoms with Gasteiger partial charge in [-0.15, -0.1) is 0 Å². The van der Waals surface area contributed by atoms with Crippen molar-refractivity contribution in [1.29, 1.82) is 0 Å². The van der Waals surface area contributed by atoms with E-state index < -0.39 is 0 Å². The summed E-state index contributed by atoms with van der Waals surface area (Å²) in [5.41, 5.74) is 0.996. The summed E-state index contributed by atoms with van der Waals surface area (Å²) in [6, 6.07) is 5.41. The topological polar surface area (TPSA) is 12.0 Å². The van der Waals surface area contributed by atoms with E-state index in [0.717, 1.165) is 16.6 Å². The highest BCUT2D eigenvalue weighted by Crippen LogP contribution is 2.20. The molecule has 88 valence electrons. The molecule has 1 fully saturated rings. The monoisotopic (exact) mass is 303 g/mol.